The molecule has 0 heterocycles. The molecule has 0 aliphatic heterocycles. The molecule has 0 saturated heterocycles. The van der Waals surface area contributed by atoms with E-state index in [1.54, 1.807) is 12.1 Å². The molecule has 0 spiro atoms. The molecule has 126 valence electrons. The van der Waals surface area contributed by atoms with Crippen LogP contribution in [0.25, 0.3) is 0 Å². The predicted octanol–water partition coefficient (Wildman–Crippen LogP) is 4.06. The zero-order valence-corrected chi connectivity index (χ0v) is 15.3. The molecule has 0 atom stereocenters. The van der Waals surface area contributed by atoms with Gasteiger partial charge in [0.1, 0.15) is 12.4 Å². The van der Waals surface area contributed by atoms with E-state index in [0.29, 0.717) is 24.0 Å². The average Bonchev–Trinajstić information content (AvgIpc) is 2.57. The van der Waals surface area contributed by atoms with Gasteiger partial charge in [0.05, 0.1) is 11.5 Å². The highest BCUT2D eigenvalue weighted by Crippen LogP contribution is 2.17. The summed E-state index contributed by atoms with van der Waals surface area (Å²) in [6.07, 6.45) is 0. The second kappa shape index (κ2) is 8.60. The van der Waals surface area contributed by atoms with Crippen LogP contribution in [0.5, 0.6) is 5.75 Å². The molecule has 0 aliphatic rings. The zero-order valence-electron chi connectivity index (χ0n) is 12.9. The highest BCUT2D eigenvalue weighted by Gasteiger charge is 2.07. The zero-order chi connectivity index (χ0) is 17.5. The van der Waals surface area contributed by atoms with Crippen molar-refractivity contribution >= 4 is 44.6 Å². The minimum Gasteiger partial charge on any atom is -0.492 e. The van der Waals surface area contributed by atoms with E-state index >= 15 is 0 Å². The summed E-state index contributed by atoms with van der Waals surface area (Å²) in [5, 5.41) is 14.2. The lowest BCUT2D eigenvalue weighted by Gasteiger charge is -2.21. The standard InChI is InChI=1S/C16H16BrN3O3S/c1-19(10-11-23-15-8-2-12(17)3-9-15)16(24)18-13-4-6-14(7-5-13)20(21)22/h2-9H,10-11H2,1H3,(H,18,24). The number of nitro benzene ring substituents is 1. The van der Waals surface area contributed by atoms with Gasteiger partial charge in [-0.25, -0.2) is 0 Å². The van der Waals surface area contributed by atoms with Crippen LogP contribution in [-0.2, 0) is 0 Å². The molecule has 0 fully saturated rings. The highest BCUT2D eigenvalue weighted by atomic mass is 79.9. The van der Waals surface area contributed by atoms with Gasteiger partial charge in [0.25, 0.3) is 5.69 Å². The molecule has 0 aliphatic carbocycles. The number of likely N-dealkylation sites (N-methyl/N-ethyl adjacent to an activating group) is 1. The van der Waals surface area contributed by atoms with Crippen molar-refractivity contribution in [1.29, 1.82) is 0 Å². The number of ether oxygens (including phenoxy) is 1. The summed E-state index contributed by atoms with van der Waals surface area (Å²) in [7, 11) is 1.85. The topological polar surface area (TPSA) is 67.6 Å². The molecule has 0 unspecified atom stereocenters. The van der Waals surface area contributed by atoms with Crippen LogP contribution in [0.2, 0.25) is 0 Å². The summed E-state index contributed by atoms with van der Waals surface area (Å²) in [6.45, 7) is 1.09. The number of non-ortho nitro benzene ring substituents is 1. The number of benzene rings is 2. The first-order valence-electron chi connectivity index (χ1n) is 7.10. The van der Waals surface area contributed by atoms with Gasteiger partial charge in [-0.05, 0) is 48.6 Å². The largest absolute Gasteiger partial charge is 0.492 e. The lowest BCUT2D eigenvalue weighted by molar-refractivity contribution is -0.384. The molecule has 0 amide bonds. The number of hydrogen-bond donors (Lipinski definition) is 1. The van der Waals surface area contributed by atoms with E-state index in [1.807, 2.05) is 36.2 Å². The van der Waals surface area contributed by atoms with Crippen molar-refractivity contribution in [3.8, 4) is 5.75 Å². The van der Waals surface area contributed by atoms with Crippen molar-refractivity contribution in [2.75, 3.05) is 25.5 Å². The van der Waals surface area contributed by atoms with Gasteiger partial charge in [0.2, 0.25) is 0 Å². The van der Waals surface area contributed by atoms with Crippen LogP contribution < -0.4 is 10.1 Å². The first kappa shape index (κ1) is 18.2. The van der Waals surface area contributed by atoms with Gasteiger partial charge in [-0.15, -0.1) is 0 Å². The third-order valence-corrected chi connectivity index (χ3v) is 4.13. The van der Waals surface area contributed by atoms with E-state index in [4.69, 9.17) is 17.0 Å². The van der Waals surface area contributed by atoms with Crippen LogP contribution in [0.15, 0.2) is 53.0 Å². The summed E-state index contributed by atoms with van der Waals surface area (Å²) in [5.74, 6) is 0.792. The molecule has 0 bridgehead atoms. The molecule has 24 heavy (non-hydrogen) atoms. The third kappa shape index (κ3) is 5.47. The summed E-state index contributed by atoms with van der Waals surface area (Å²) >= 11 is 8.68. The Morgan fingerprint density at radius 1 is 1.25 bits per heavy atom. The number of nitrogens with one attached hydrogen (secondary N) is 1. The monoisotopic (exact) mass is 409 g/mol. The highest BCUT2D eigenvalue weighted by molar-refractivity contribution is 9.10. The van der Waals surface area contributed by atoms with Crippen molar-refractivity contribution in [3.63, 3.8) is 0 Å². The van der Waals surface area contributed by atoms with Gasteiger partial charge in [-0.2, -0.15) is 0 Å². The van der Waals surface area contributed by atoms with Crippen LogP contribution in [0.4, 0.5) is 11.4 Å². The van der Waals surface area contributed by atoms with E-state index < -0.39 is 4.92 Å². The maximum atomic E-state index is 10.6. The lowest BCUT2D eigenvalue weighted by Crippen LogP contribution is -2.34. The van der Waals surface area contributed by atoms with Gasteiger partial charge in [-0.3, -0.25) is 10.1 Å². The van der Waals surface area contributed by atoms with Crippen LogP contribution in [-0.4, -0.2) is 35.1 Å². The normalized spacial score (nSPS) is 10.1. The molecule has 1 N–H and O–H groups in total. The summed E-state index contributed by atoms with van der Waals surface area (Å²) < 4.78 is 6.65. The average molecular weight is 410 g/mol. The molecule has 8 heteroatoms. The molecular formula is C16H16BrN3O3S. The van der Waals surface area contributed by atoms with Gasteiger partial charge < -0.3 is 15.0 Å². The maximum absolute atomic E-state index is 10.6. The minimum atomic E-state index is -0.437. The summed E-state index contributed by atoms with van der Waals surface area (Å²) in [5.41, 5.74) is 0.744. The number of nitro groups is 1. The van der Waals surface area contributed by atoms with E-state index in [2.05, 4.69) is 21.2 Å². The second-order valence-electron chi connectivity index (χ2n) is 4.96. The van der Waals surface area contributed by atoms with E-state index in [9.17, 15) is 10.1 Å². The van der Waals surface area contributed by atoms with Crippen molar-refractivity contribution in [2.45, 2.75) is 0 Å². The maximum Gasteiger partial charge on any atom is 0.269 e. The van der Waals surface area contributed by atoms with Gasteiger partial charge in [0.15, 0.2) is 5.11 Å². The summed E-state index contributed by atoms with van der Waals surface area (Å²) in [6, 6.07) is 13.7. The molecule has 0 radical (unpaired) electrons. The number of rotatable bonds is 6. The van der Waals surface area contributed by atoms with Gasteiger partial charge in [-0.1, -0.05) is 15.9 Å². The number of nitrogens with zero attached hydrogens (tertiary/aromatic N) is 2. The Kier molecular flexibility index (Phi) is 6.51. The summed E-state index contributed by atoms with van der Waals surface area (Å²) in [4.78, 5) is 12.0. The van der Waals surface area contributed by atoms with Crippen molar-refractivity contribution < 1.29 is 9.66 Å². The molecule has 2 aromatic rings. The Hall–Kier alpha value is -2.19. The molecule has 6 nitrogen and oxygen atoms in total. The number of hydrogen-bond acceptors (Lipinski definition) is 4. The Bertz CT molecular complexity index is 708. The Balaban J connectivity index is 1.79. The van der Waals surface area contributed by atoms with Crippen molar-refractivity contribution in [1.82, 2.24) is 4.90 Å². The second-order valence-corrected chi connectivity index (χ2v) is 6.26. The Morgan fingerprint density at radius 3 is 2.46 bits per heavy atom. The smallest absolute Gasteiger partial charge is 0.269 e. The van der Waals surface area contributed by atoms with Crippen molar-refractivity contribution in [3.05, 3.63) is 63.1 Å². The first-order chi connectivity index (χ1) is 11.5. The van der Waals surface area contributed by atoms with E-state index in [-0.39, 0.29) is 5.69 Å². The molecule has 0 saturated carbocycles. The van der Waals surface area contributed by atoms with Crippen LogP contribution in [0, 0.1) is 10.1 Å². The Labute approximate surface area is 153 Å². The molecular weight excluding hydrogens is 394 g/mol. The lowest BCUT2D eigenvalue weighted by atomic mass is 10.3. The van der Waals surface area contributed by atoms with Gasteiger partial charge in [0, 0.05) is 29.3 Å². The predicted molar refractivity (Wildman–Crippen MR) is 102 cm³/mol. The molecule has 2 rings (SSSR count). The van der Waals surface area contributed by atoms with Crippen molar-refractivity contribution in [2.24, 2.45) is 0 Å². The fourth-order valence-corrected chi connectivity index (χ4v) is 2.29. The van der Waals surface area contributed by atoms with E-state index in [1.165, 1.54) is 12.1 Å². The van der Waals surface area contributed by atoms with Crippen LogP contribution >= 0.6 is 28.1 Å². The van der Waals surface area contributed by atoms with Gasteiger partial charge >= 0.3 is 0 Å². The van der Waals surface area contributed by atoms with Crippen LogP contribution in [0.3, 0.4) is 0 Å². The van der Waals surface area contributed by atoms with Crippen LogP contribution in [0.1, 0.15) is 0 Å². The quantitative estimate of drug-likeness (QED) is 0.440. The molecule has 0 aromatic heterocycles. The SMILES string of the molecule is CN(CCOc1ccc(Br)cc1)C(=S)Nc1ccc([N+](=O)[O-])cc1. The Morgan fingerprint density at radius 2 is 1.88 bits per heavy atom. The minimum absolute atomic E-state index is 0.0442. The number of thiocarbonyl (C=S) groups is 1. The fraction of sp³-hybridized carbons (Fsp3) is 0.188. The molecule has 2 aromatic carbocycles. The number of anilines is 1. The van der Waals surface area contributed by atoms with E-state index in [0.717, 1.165) is 10.2 Å². The number of halogens is 1. The third-order valence-electron chi connectivity index (χ3n) is 3.19. The first-order valence-corrected chi connectivity index (χ1v) is 8.31. The fourth-order valence-electron chi connectivity index (χ4n) is 1.82.